The van der Waals surface area contributed by atoms with Crippen LogP contribution in [0, 0.1) is 13.8 Å². The van der Waals surface area contributed by atoms with Gasteiger partial charge in [0.1, 0.15) is 0 Å². The summed E-state index contributed by atoms with van der Waals surface area (Å²) in [5.74, 6) is 0.102. The Morgan fingerprint density at radius 1 is 0.935 bits per heavy atom. The zero-order chi connectivity index (χ0) is 22.8. The second-order valence-corrected chi connectivity index (χ2v) is 9.90. The number of anilines is 1. The fraction of sp³-hybridized carbons (Fsp3) is 0.231. The molecule has 5 heteroatoms. The fourth-order valence-electron chi connectivity index (χ4n) is 3.39. The number of benzene rings is 2. The van der Waals surface area contributed by atoms with Crippen molar-refractivity contribution in [3.05, 3.63) is 93.7 Å². The van der Waals surface area contributed by atoms with Crippen LogP contribution in [-0.2, 0) is 5.41 Å². The van der Waals surface area contributed by atoms with Crippen molar-refractivity contribution in [1.82, 2.24) is 0 Å². The Hall–Kier alpha value is -2.50. The molecule has 0 aliphatic rings. The molecule has 2 N–H and O–H groups in total. The Morgan fingerprint density at radius 2 is 1.52 bits per heavy atom. The molecule has 1 heterocycles. The molecule has 0 saturated heterocycles. The van der Waals surface area contributed by atoms with Gasteiger partial charge in [-0.25, -0.2) is 0 Å². The number of aliphatic hydroxyl groups excluding tert-OH is 1. The number of aromatic nitrogens is 1. The molecule has 0 radical (unpaired) electrons. The first-order valence-electron chi connectivity index (χ1n) is 10.2. The summed E-state index contributed by atoms with van der Waals surface area (Å²) < 4.78 is 2.67. The summed E-state index contributed by atoms with van der Waals surface area (Å²) in [6, 6.07) is 17.8. The Balaban J connectivity index is 2.14. The Kier molecular flexibility index (Phi) is 6.97. The van der Waals surface area contributed by atoms with E-state index in [1.165, 1.54) is 5.56 Å². The molecule has 0 fully saturated rings. The van der Waals surface area contributed by atoms with Crippen LogP contribution in [0.2, 0.25) is 0 Å². The second-order valence-electron chi connectivity index (χ2n) is 8.64. The Bertz CT molecular complexity index is 1120. The summed E-state index contributed by atoms with van der Waals surface area (Å²) in [5.41, 5.74) is 5.57. The van der Waals surface area contributed by atoms with E-state index in [1.807, 2.05) is 73.3 Å². The molecule has 0 bridgehead atoms. The average molecular weight is 496 g/mol. The van der Waals surface area contributed by atoms with E-state index in [4.69, 9.17) is 12.2 Å². The van der Waals surface area contributed by atoms with Crippen molar-refractivity contribution in [3.8, 4) is 0 Å². The van der Waals surface area contributed by atoms with Crippen LogP contribution in [0.15, 0.2) is 71.5 Å². The van der Waals surface area contributed by atoms with Crippen molar-refractivity contribution >= 4 is 50.3 Å². The number of nitrogens with one attached hydrogen (secondary N) is 1. The van der Waals surface area contributed by atoms with Crippen LogP contribution in [0.5, 0.6) is 0 Å². The normalized spacial score (nSPS) is 12.3. The molecular weight excluding hydrogens is 468 g/mol. The molecule has 2 aromatic carbocycles. The van der Waals surface area contributed by atoms with Crippen molar-refractivity contribution in [2.45, 2.75) is 40.0 Å². The van der Waals surface area contributed by atoms with Gasteiger partial charge in [0.2, 0.25) is 0 Å². The molecule has 0 atom stereocenters. The van der Waals surface area contributed by atoms with Gasteiger partial charge >= 0.3 is 0 Å². The highest BCUT2D eigenvalue weighted by Gasteiger charge is 2.26. The number of hydrogen-bond acceptors (Lipinski definition) is 2. The number of rotatable bonds is 4. The van der Waals surface area contributed by atoms with Crippen LogP contribution >= 0.6 is 28.1 Å². The minimum Gasteiger partial charge on any atom is -0.502 e. The van der Waals surface area contributed by atoms with Crippen LogP contribution in [0.25, 0.3) is 11.5 Å². The van der Waals surface area contributed by atoms with E-state index in [1.54, 1.807) is 0 Å². The number of nitrogens with zero attached hydrogens (tertiary/aromatic N) is 1. The highest BCUT2D eigenvalue weighted by molar-refractivity contribution is 9.10. The first kappa shape index (κ1) is 23.2. The van der Waals surface area contributed by atoms with Crippen molar-refractivity contribution < 1.29 is 9.67 Å². The number of pyridine rings is 1. The summed E-state index contributed by atoms with van der Waals surface area (Å²) in [6.07, 6.45) is 3.89. The average Bonchev–Trinajstić information content (AvgIpc) is 2.71. The van der Waals surface area contributed by atoms with Crippen molar-refractivity contribution in [2.75, 3.05) is 5.32 Å². The molecule has 3 nitrogen and oxygen atoms in total. The van der Waals surface area contributed by atoms with Crippen LogP contribution < -0.4 is 9.88 Å². The zero-order valence-electron chi connectivity index (χ0n) is 18.5. The molecule has 0 unspecified atom stereocenters. The molecule has 0 aliphatic carbocycles. The number of hydrogen-bond donors (Lipinski definition) is 2. The van der Waals surface area contributed by atoms with Crippen molar-refractivity contribution in [3.63, 3.8) is 0 Å². The molecule has 1 aromatic heterocycles. The molecule has 0 saturated carbocycles. The smallest absolute Gasteiger partial charge is 0.288 e. The maximum atomic E-state index is 11.3. The lowest BCUT2D eigenvalue weighted by atomic mass is 9.88. The zero-order valence-corrected chi connectivity index (χ0v) is 20.9. The molecule has 31 heavy (non-hydrogen) atoms. The number of thiocarbonyl (C=S) groups is 1. The third-order valence-electron chi connectivity index (χ3n) is 5.24. The topological polar surface area (TPSA) is 36.1 Å². The van der Waals surface area contributed by atoms with Gasteiger partial charge in [-0.15, -0.1) is 0 Å². The van der Waals surface area contributed by atoms with Gasteiger partial charge < -0.3 is 10.4 Å². The molecule has 160 valence electrons. The molecular formula is C26H28BrN2OS+. The lowest BCUT2D eigenvalue weighted by molar-refractivity contribution is -0.575. The van der Waals surface area contributed by atoms with Crippen LogP contribution in [-0.4, -0.2) is 10.1 Å². The number of aryl methyl sites for hydroxylation is 2. The first-order chi connectivity index (χ1) is 14.6. The van der Waals surface area contributed by atoms with Gasteiger partial charge in [0, 0.05) is 27.9 Å². The predicted octanol–water partition coefficient (Wildman–Crippen LogP) is 6.97. The monoisotopic (exact) mass is 495 g/mol. The lowest BCUT2D eigenvalue weighted by Crippen LogP contribution is -2.39. The maximum Gasteiger partial charge on any atom is 0.288 e. The van der Waals surface area contributed by atoms with E-state index in [0.717, 1.165) is 21.3 Å². The van der Waals surface area contributed by atoms with Crippen LogP contribution in [0.3, 0.4) is 0 Å². The van der Waals surface area contributed by atoms with Crippen LogP contribution in [0.4, 0.5) is 5.69 Å². The van der Waals surface area contributed by atoms with E-state index in [9.17, 15) is 5.11 Å². The number of aliphatic hydroxyl groups is 1. The molecule has 0 spiro atoms. The van der Waals surface area contributed by atoms with E-state index >= 15 is 0 Å². The second kappa shape index (κ2) is 9.33. The number of para-hydroxylation sites is 1. The summed E-state index contributed by atoms with van der Waals surface area (Å²) in [7, 11) is 0. The third-order valence-corrected chi connectivity index (χ3v) is 6.23. The summed E-state index contributed by atoms with van der Waals surface area (Å²) in [6.45, 7) is 10.6. The highest BCUT2D eigenvalue weighted by atomic mass is 79.9. The van der Waals surface area contributed by atoms with Crippen molar-refractivity contribution in [1.29, 1.82) is 0 Å². The van der Waals surface area contributed by atoms with E-state index in [0.29, 0.717) is 16.2 Å². The first-order valence-corrected chi connectivity index (χ1v) is 11.4. The SMILES string of the molecule is Cc1cccc(C)c1NC(=S)/C(=C(\O)c1ccccc1Br)[n+]1ccc(C(C)(C)C)cc1. The fourth-order valence-corrected chi connectivity index (χ4v) is 4.16. The summed E-state index contributed by atoms with van der Waals surface area (Å²) >= 11 is 9.37. The van der Waals surface area contributed by atoms with Crippen LogP contribution in [0.1, 0.15) is 43.0 Å². The molecule has 3 rings (SSSR count). The standard InChI is InChI=1S/C26H27BrN2OS/c1-17-9-8-10-18(2)22(17)28-25(31)23(24(30)20-11-6-7-12-21(20)27)29-15-13-19(14-16-29)26(3,4)5/h6-16H,1-5H3,(H-,28,30,31)/p+1. The minimum atomic E-state index is 0.0322. The third kappa shape index (κ3) is 5.23. The van der Waals surface area contributed by atoms with Gasteiger partial charge in [-0.05, 0) is 48.1 Å². The van der Waals surface area contributed by atoms with Crippen molar-refractivity contribution in [2.24, 2.45) is 0 Å². The number of halogens is 1. The lowest BCUT2D eigenvalue weighted by Gasteiger charge is -2.18. The molecule has 3 aromatic rings. The van der Waals surface area contributed by atoms with E-state index in [2.05, 4.69) is 54.2 Å². The van der Waals surface area contributed by atoms with Gasteiger partial charge in [-0.3, -0.25) is 0 Å². The van der Waals surface area contributed by atoms with E-state index in [-0.39, 0.29) is 11.2 Å². The minimum absolute atomic E-state index is 0.0322. The van der Waals surface area contributed by atoms with Gasteiger partial charge in [0.25, 0.3) is 5.70 Å². The molecule has 0 aliphatic heterocycles. The highest BCUT2D eigenvalue weighted by Crippen LogP contribution is 2.27. The quantitative estimate of drug-likeness (QED) is 0.177. The Labute approximate surface area is 198 Å². The largest absolute Gasteiger partial charge is 0.502 e. The van der Waals surface area contributed by atoms with Gasteiger partial charge in [0.15, 0.2) is 23.1 Å². The summed E-state index contributed by atoms with van der Waals surface area (Å²) in [5, 5.41) is 14.7. The van der Waals surface area contributed by atoms with Gasteiger partial charge in [0.05, 0.1) is 0 Å². The van der Waals surface area contributed by atoms with Gasteiger partial charge in [-0.2, -0.15) is 4.57 Å². The maximum absolute atomic E-state index is 11.3. The van der Waals surface area contributed by atoms with E-state index < -0.39 is 0 Å². The predicted molar refractivity (Wildman–Crippen MR) is 137 cm³/mol. The Morgan fingerprint density at radius 3 is 2.06 bits per heavy atom. The summed E-state index contributed by atoms with van der Waals surface area (Å²) in [4.78, 5) is 0.444. The molecule has 0 amide bonds. The van der Waals surface area contributed by atoms with Gasteiger partial charge in [-0.1, -0.05) is 79.3 Å².